The first kappa shape index (κ1) is 23.7. The van der Waals surface area contributed by atoms with E-state index in [1.54, 1.807) is 12.1 Å². The first-order chi connectivity index (χ1) is 16.7. The van der Waals surface area contributed by atoms with Crippen molar-refractivity contribution in [2.75, 3.05) is 0 Å². The average molecular weight is 495 g/mol. The highest BCUT2D eigenvalue weighted by Gasteiger charge is 2.33. The second kappa shape index (κ2) is 9.18. The third-order valence-corrected chi connectivity index (χ3v) is 8.28. The minimum atomic E-state index is -0.0873. The molecule has 0 spiro atoms. The molecule has 0 radical (unpaired) electrons. The predicted octanol–water partition coefficient (Wildman–Crippen LogP) is 8.37. The Balaban J connectivity index is 1.52. The van der Waals surface area contributed by atoms with Gasteiger partial charge in [-0.25, -0.2) is 0 Å². The van der Waals surface area contributed by atoms with Crippen LogP contribution in [-0.4, -0.2) is 11.6 Å². The average Bonchev–Trinajstić information content (AvgIpc) is 2.82. The van der Waals surface area contributed by atoms with Crippen LogP contribution >= 0.6 is 23.5 Å². The van der Waals surface area contributed by atoms with Crippen molar-refractivity contribution in [3.05, 3.63) is 118 Å². The molecule has 4 aromatic rings. The van der Waals surface area contributed by atoms with Gasteiger partial charge in [-0.05, 0) is 54.3 Å². The summed E-state index contributed by atoms with van der Waals surface area (Å²) in [5.74, 6) is -0.174. The summed E-state index contributed by atoms with van der Waals surface area (Å²) in [4.78, 5) is 31.2. The molecule has 0 aliphatic heterocycles. The Bertz CT molecular complexity index is 1460. The third kappa shape index (κ3) is 4.61. The second-order valence-corrected chi connectivity index (χ2v) is 12.0. The van der Waals surface area contributed by atoms with Crippen molar-refractivity contribution in [2.24, 2.45) is 0 Å². The zero-order valence-corrected chi connectivity index (χ0v) is 21.8. The third-order valence-electron chi connectivity index (χ3n) is 6.16. The molecule has 2 nitrogen and oxygen atoms in total. The molecule has 4 heteroatoms. The maximum Gasteiger partial charge on any atom is 0.195 e. The molecule has 0 fully saturated rings. The Kier molecular flexibility index (Phi) is 6.20. The highest BCUT2D eigenvalue weighted by Crippen LogP contribution is 2.41. The van der Waals surface area contributed by atoms with Crippen LogP contribution < -0.4 is 0 Å². The van der Waals surface area contributed by atoms with Crippen molar-refractivity contribution in [3.8, 4) is 0 Å². The van der Waals surface area contributed by atoms with Crippen molar-refractivity contribution in [3.63, 3.8) is 0 Å². The fraction of sp³-hybridized carbons (Fsp3) is 0.161. The highest BCUT2D eigenvalue weighted by molar-refractivity contribution is 7.99. The monoisotopic (exact) mass is 494 g/mol. The largest absolute Gasteiger partial charge is 0.289 e. The number of hydrogen-bond donors (Lipinski definition) is 0. The Morgan fingerprint density at radius 3 is 1.63 bits per heavy atom. The zero-order valence-electron chi connectivity index (χ0n) is 20.2. The van der Waals surface area contributed by atoms with Crippen molar-refractivity contribution in [1.29, 1.82) is 0 Å². The van der Waals surface area contributed by atoms with E-state index in [1.807, 2.05) is 49.4 Å². The molecule has 1 aliphatic rings. The molecule has 35 heavy (non-hydrogen) atoms. The van der Waals surface area contributed by atoms with E-state index in [2.05, 4.69) is 51.1 Å². The molecule has 0 heterocycles. The molecular weight excluding hydrogens is 468 g/mol. The standard InChI is InChI=1S/C31H26O2S2/c1-19-8-5-9-22(18-19)35-26-13-7-11-24-28(26)30(33)23-10-6-12-25(27(23)29(24)32)34-21-16-14-20(15-17-21)31(2,3)4/h5-18H,1-4H3. The first-order valence-electron chi connectivity index (χ1n) is 11.6. The van der Waals surface area contributed by atoms with Gasteiger partial charge in [0.2, 0.25) is 0 Å². The number of benzene rings is 4. The minimum absolute atomic E-state index is 0.0787. The van der Waals surface area contributed by atoms with E-state index in [4.69, 9.17) is 0 Å². The summed E-state index contributed by atoms with van der Waals surface area (Å²) in [5, 5.41) is 0. The molecule has 0 bridgehead atoms. The Morgan fingerprint density at radius 1 is 0.600 bits per heavy atom. The molecule has 4 aromatic carbocycles. The van der Waals surface area contributed by atoms with E-state index in [9.17, 15) is 9.59 Å². The van der Waals surface area contributed by atoms with Crippen LogP contribution in [0.4, 0.5) is 0 Å². The van der Waals surface area contributed by atoms with Crippen LogP contribution in [0.5, 0.6) is 0 Å². The summed E-state index contributed by atoms with van der Waals surface area (Å²) >= 11 is 3.06. The van der Waals surface area contributed by atoms with Crippen LogP contribution in [0, 0.1) is 6.92 Å². The molecule has 1 aliphatic carbocycles. The van der Waals surface area contributed by atoms with E-state index in [0.29, 0.717) is 22.3 Å². The molecule has 0 amide bonds. The fourth-order valence-electron chi connectivity index (χ4n) is 4.30. The summed E-state index contributed by atoms with van der Waals surface area (Å²) in [6.07, 6.45) is 0. The van der Waals surface area contributed by atoms with Crippen LogP contribution in [0.25, 0.3) is 0 Å². The molecular formula is C31H26O2S2. The Labute approximate surface area is 215 Å². The summed E-state index contributed by atoms with van der Waals surface area (Å²) < 4.78 is 0. The number of hydrogen-bond acceptors (Lipinski definition) is 4. The first-order valence-corrected chi connectivity index (χ1v) is 13.2. The van der Waals surface area contributed by atoms with Crippen molar-refractivity contribution in [2.45, 2.75) is 52.7 Å². The number of fused-ring (bicyclic) bond motifs is 2. The predicted molar refractivity (Wildman–Crippen MR) is 144 cm³/mol. The molecule has 0 saturated heterocycles. The van der Waals surface area contributed by atoms with Crippen LogP contribution in [0.2, 0.25) is 0 Å². The summed E-state index contributed by atoms with van der Waals surface area (Å²) in [6, 6.07) is 27.8. The molecule has 0 atom stereocenters. The van der Waals surface area contributed by atoms with Crippen LogP contribution in [0.15, 0.2) is 105 Å². The van der Waals surface area contributed by atoms with Gasteiger partial charge in [0.25, 0.3) is 0 Å². The minimum Gasteiger partial charge on any atom is -0.289 e. The smallest absolute Gasteiger partial charge is 0.195 e. The van der Waals surface area contributed by atoms with Gasteiger partial charge in [0.05, 0.1) is 0 Å². The number of carbonyl (C=O) groups excluding carboxylic acids is 2. The van der Waals surface area contributed by atoms with E-state index < -0.39 is 0 Å². The topological polar surface area (TPSA) is 34.1 Å². The quantitative estimate of drug-likeness (QED) is 0.251. The lowest BCUT2D eigenvalue weighted by Gasteiger charge is -2.22. The maximum absolute atomic E-state index is 13.7. The molecule has 174 valence electrons. The molecule has 5 rings (SSSR count). The van der Waals surface area contributed by atoms with Crippen LogP contribution in [-0.2, 0) is 5.41 Å². The van der Waals surface area contributed by atoms with E-state index in [0.717, 1.165) is 25.1 Å². The van der Waals surface area contributed by atoms with E-state index in [-0.39, 0.29) is 17.0 Å². The van der Waals surface area contributed by atoms with Gasteiger partial charge in [0.15, 0.2) is 11.6 Å². The molecule has 0 N–H and O–H groups in total. The van der Waals surface area contributed by atoms with Gasteiger partial charge in [-0.2, -0.15) is 0 Å². The van der Waals surface area contributed by atoms with Gasteiger partial charge in [-0.1, -0.05) is 98.4 Å². The zero-order chi connectivity index (χ0) is 24.7. The lowest BCUT2D eigenvalue weighted by molar-refractivity contribution is 0.0974. The van der Waals surface area contributed by atoms with Crippen molar-refractivity contribution >= 4 is 35.1 Å². The molecule has 0 saturated carbocycles. The van der Waals surface area contributed by atoms with Gasteiger partial charge in [0.1, 0.15) is 0 Å². The number of rotatable bonds is 4. The highest BCUT2D eigenvalue weighted by atomic mass is 32.2. The number of carbonyl (C=O) groups is 2. The maximum atomic E-state index is 13.7. The van der Waals surface area contributed by atoms with Gasteiger partial charge in [-0.15, -0.1) is 0 Å². The lowest BCUT2D eigenvalue weighted by Crippen LogP contribution is -2.22. The van der Waals surface area contributed by atoms with Crippen LogP contribution in [0.1, 0.15) is 63.7 Å². The SMILES string of the molecule is Cc1cccc(Sc2cccc3c2C(=O)c2cccc(Sc4ccc(C(C)(C)C)cc4)c2C3=O)c1. The fourth-order valence-corrected chi connectivity index (χ4v) is 6.38. The van der Waals surface area contributed by atoms with E-state index in [1.165, 1.54) is 29.1 Å². The molecule has 0 aromatic heterocycles. The van der Waals surface area contributed by atoms with Crippen molar-refractivity contribution < 1.29 is 9.59 Å². The Morgan fingerprint density at radius 2 is 1.11 bits per heavy atom. The molecule has 0 unspecified atom stereocenters. The van der Waals surface area contributed by atoms with Gasteiger partial charge >= 0.3 is 0 Å². The van der Waals surface area contributed by atoms with Gasteiger partial charge < -0.3 is 0 Å². The summed E-state index contributed by atoms with van der Waals surface area (Å²) in [6.45, 7) is 8.62. The van der Waals surface area contributed by atoms with E-state index >= 15 is 0 Å². The Hall–Kier alpha value is -3.08. The van der Waals surface area contributed by atoms with Crippen LogP contribution in [0.3, 0.4) is 0 Å². The lowest BCUT2D eigenvalue weighted by atomic mass is 9.84. The van der Waals surface area contributed by atoms with Gasteiger partial charge in [-0.3, -0.25) is 9.59 Å². The normalized spacial score (nSPS) is 12.9. The number of aryl methyl sites for hydroxylation is 1. The van der Waals surface area contributed by atoms with Gasteiger partial charge in [0, 0.05) is 41.8 Å². The van der Waals surface area contributed by atoms with Crippen molar-refractivity contribution in [1.82, 2.24) is 0 Å². The second-order valence-electron chi connectivity index (χ2n) is 9.81. The number of ketones is 2. The summed E-state index contributed by atoms with van der Waals surface area (Å²) in [7, 11) is 0. The summed E-state index contributed by atoms with van der Waals surface area (Å²) in [5.41, 5.74) is 4.48.